The number of ether oxygens (including phenoxy) is 6. The molecule has 4 unspecified atom stereocenters. The maximum Gasteiger partial charge on any atom is 0.285 e. The van der Waals surface area contributed by atoms with E-state index < -0.39 is 11.9 Å². The number of unbranched alkanes of at least 4 members (excludes halogenated alkanes) is 12. The van der Waals surface area contributed by atoms with Gasteiger partial charge >= 0.3 is 0 Å². The van der Waals surface area contributed by atoms with Crippen LogP contribution in [0.5, 0.6) is 0 Å². The van der Waals surface area contributed by atoms with Gasteiger partial charge in [-0.1, -0.05) is 118 Å². The van der Waals surface area contributed by atoms with Crippen molar-refractivity contribution in [2.24, 2.45) is 23.7 Å². The summed E-state index contributed by atoms with van der Waals surface area (Å²) in [5.41, 5.74) is 0. The van der Waals surface area contributed by atoms with E-state index in [0.717, 1.165) is 38.5 Å². The molecule has 0 aliphatic carbocycles. The third kappa shape index (κ3) is 13.8. The molecule has 0 N–H and O–H groups in total. The Morgan fingerprint density at radius 2 is 0.625 bits per heavy atom. The molecule has 242 valence electrons. The molecule has 0 aromatic carbocycles. The first-order chi connectivity index (χ1) is 19.3. The summed E-state index contributed by atoms with van der Waals surface area (Å²) in [7, 11) is 10.2. The Morgan fingerprint density at radius 1 is 0.375 bits per heavy atom. The molecule has 0 aliphatic rings. The molecule has 40 heavy (non-hydrogen) atoms. The van der Waals surface area contributed by atoms with Crippen molar-refractivity contribution in [3.8, 4) is 0 Å². The number of hydrogen-bond donors (Lipinski definition) is 0. The zero-order valence-corrected chi connectivity index (χ0v) is 28.5. The molecule has 0 aromatic rings. The van der Waals surface area contributed by atoms with Crippen LogP contribution in [0.3, 0.4) is 0 Å². The molecule has 0 radical (unpaired) electrons. The van der Waals surface area contributed by atoms with E-state index in [-0.39, 0.29) is 11.8 Å². The lowest BCUT2D eigenvalue weighted by molar-refractivity contribution is -0.388. The Balaban J connectivity index is 5.34. The molecule has 4 atom stereocenters. The monoisotopic (exact) mass is 575 g/mol. The second kappa shape index (κ2) is 24.2. The summed E-state index contributed by atoms with van der Waals surface area (Å²) in [6.07, 6.45) is 22.2. The molecule has 0 aliphatic heterocycles. The van der Waals surface area contributed by atoms with Crippen LogP contribution in [-0.2, 0) is 28.4 Å². The first kappa shape index (κ1) is 39.8. The Kier molecular flexibility index (Phi) is 24.1. The SMILES string of the molecule is CCCCCCCCCC(C(C)CCC(C)C(CCCCCCCCC)C(OC)(OC)OC)C(OC)(OC)OC. The standard InChI is InChI=1S/C34H70O6/c1-11-13-15-17-19-21-23-25-31(33(35-5,36-6)37-7)29(3)27-28-30(4)32(34(38-8,39-9)40-10)26-24-22-20-18-16-14-12-2/h29-32H,11-28H2,1-10H3. The van der Waals surface area contributed by atoms with Gasteiger partial charge in [0.2, 0.25) is 0 Å². The first-order valence-corrected chi connectivity index (χ1v) is 16.6. The molecule has 6 heteroatoms. The molecule has 0 fully saturated rings. The maximum atomic E-state index is 5.89. The van der Waals surface area contributed by atoms with Gasteiger partial charge in [0.1, 0.15) is 0 Å². The normalized spacial score (nSPS) is 15.8. The summed E-state index contributed by atoms with van der Waals surface area (Å²) in [5.74, 6) is -1.01. The van der Waals surface area contributed by atoms with Crippen LogP contribution in [0.1, 0.15) is 143 Å². The highest BCUT2D eigenvalue weighted by Gasteiger charge is 2.45. The third-order valence-corrected chi connectivity index (χ3v) is 9.30. The van der Waals surface area contributed by atoms with Crippen LogP contribution in [0.4, 0.5) is 0 Å². The molecule has 0 spiro atoms. The van der Waals surface area contributed by atoms with E-state index in [2.05, 4.69) is 27.7 Å². The van der Waals surface area contributed by atoms with Crippen molar-refractivity contribution in [1.29, 1.82) is 0 Å². The van der Waals surface area contributed by atoms with Crippen molar-refractivity contribution >= 4 is 0 Å². The highest BCUT2D eigenvalue weighted by Crippen LogP contribution is 2.40. The van der Waals surface area contributed by atoms with E-state index in [1.54, 1.807) is 42.7 Å². The van der Waals surface area contributed by atoms with E-state index in [0.29, 0.717) is 11.8 Å². The second-order valence-electron chi connectivity index (χ2n) is 12.0. The molecule has 0 aromatic heterocycles. The van der Waals surface area contributed by atoms with Gasteiger partial charge in [0, 0.05) is 54.5 Å². The van der Waals surface area contributed by atoms with Crippen molar-refractivity contribution < 1.29 is 28.4 Å². The van der Waals surface area contributed by atoms with Crippen molar-refractivity contribution in [2.75, 3.05) is 42.7 Å². The minimum absolute atomic E-state index is 0.147. The molecule has 6 nitrogen and oxygen atoms in total. The third-order valence-electron chi connectivity index (χ3n) is 9.30. The molecule has 0 rings (SSSR count). The smallest absolute Gasteiger partial charge is 0.285 e. The quantitative estimate of drug-likeness (QED) is 0.0654. The lowest BCUT2D eigenvalue weighted by Crippen LogP contribution is -2.48. The van der Waals surface area contributed by atoms with Crippen molar-refractivity contribution in [2.45, 2.75) is 155 Å². The van der Waals surface area contributed by atoms with Crippen LogP contribution in [0.15, 0.2) is 0 Å². The Morgan fingerprint density at radius 3 is 0.875 bits per heavy atom. The highest BCUT2D eigenvalue weighted by atomic mass is 16.9. The van der Waals surface area contributed by atoms with Gasteiger partial charge in [-0.2, -0.15) is 0 Å². The Bertz CT molecular complexity index is 484. The summed E-state index contributed by atoms with van der Waals surface area (Å²) in [5, 5.41) is 0. The van der Waals surface area contributed by atoms with Crippen molar-refractivity contribution in [3.05, 3.63) is 0 Å². The molecule has 0 saturated heterocycles. The molecule has 0 bridgehead atoms. The fraction of sp³-hybridized carbons (Fsp3) is 1.00. The van der Waals surface area contributed by atoms with E-state index in [1.807, 2.05) is 0 Å². The average molecular weight is 575 g/mol. The lowest BCUT2D eigenvalue weighted by Gasteiger charge is -2.41. The zero-order valence-electron chi connectivity index (χ0n) is 28.5. The Hall–Kier alpha value is -0.240. The van der Waals surface area contributed by atoms with Gasteiger partial charge in [-0.25, -0.2) is 0 Å². The lowest BCUT2D eigenvalue weighted by atomic mass is 9.78. The second-order valence-corrected chi connectivity index (χ2v) is 12.0. The minimum atomic E-state index is -1.02. The van der Waals surface area contributed by atoms with Gasteiger partial charge in [-0.3, -0.25) is 0 Å². The summed E-state index contributed by atoms with van der Waals surface area (Å²) in [6, 6.07) is 0. The fourth-order valence-electron chi connectivity index (χ4n) is 6.60. The Labute approximate surface area is 249 Å². The van der Waals surface area contributed by atoms with Gasteiger partial charge in [0.25, 0.3) is 11.9 Å². The summed E-state index contributed by atoms with van der Waals surface area (Å²) >= 11 is 0. The van der Waals surface area contributed by atoms with Crippen molar-refractivity contribution in [3.63, 3.8) is 0 Å². The fourth-order valence-corrected chi connectivity index (χ4v) is 6.60. The van der Waals surface area contributed by atoms with E-state index in [4.69, 9.17) is 28.4 Å². The van der Waals surface area contributed by atoms with E-state index in [1.165, 1.54) is 77.0 Å². The molecular weight excluding hydrogens is 504 g/mol. The minimum Gasteiger partial charge on any atom is -0.331 e. The van der Waals surface area contributed by atoms with Gasteiger partial charge in [-0.15, -0.1) is 0 Å². The highest BCUT2D eigenvalue weighted by molar-refractivity contribution is 4.81. The van der Waals surface area contributed by atoms with E-state index >= 15 is 0 Å². The number of methoxy groups -OCH3 is 6. The number of hydrogen-bond acceptors (Lipinski definition) is 6. The van der Waals surface area contributed by atoms with Gasteiger partial charge in [0.05, 0.1) is 0 Å². The van der Waals surface area contributed by atoms with Crippen molar-refractivity contribution in [1.82, 2.24) is 0 Å². The summed E-state index contributed by atoms with van der Waals surface area (Å²) < 4.78 is 35.3. The van der Waals surface area contributed by atoms with Crippen LogP contribution in [-0.4, -0.2) is 54.6 Å². The molecular formula is C34H70O6. The zero-order chi connectivity index (χ0) is 30.3. The molecule has 0 heterocycles. The van der Waals surface area contributed by atoms with Gasteiger partial charge in [-0.05, 0) is 37.5 Å². The molecule has 0 saturated carbocycles. The van der Waals surface area contributed by atoms with Crippen LogP contribution >= 0.6 is 0 Å². The number of rotatable bonds is 29. The summed E-state index contributed by atoms with van der Waals surface area (Å²) in [6.45, 7) is 9.19. The average Bonchev–Trinajstić information content (AvgIpc) is 2.98. The van der Waals surface area contributed by atoms with Gasteiger partial charge < -0.3 is 28.4 Å². The first-order valence-electron chi connectivity index (χ1n) is 16.6. The van der Waals surface area contributed by atoms with Crippen LogP contribution in [0, 0.1) is 23.7 Å². The van der Waals surface area contributed by atoms with Gasteiger partial charge in [0.15, 0.2) is 0 Å². The topological polar surface area (TPSA) is 55.4 Å². The molecule has 0 amide bonds. The summed E-state index contributed by atoms with van der Waals surface area (Å²) in [4.78, 5) is 0. The predicted octanol–water partition coefficient (Wildman–Crippen LogP) is 9.74. The van der Waals surface area contributed by atoms with E-state index in [9.17, 15) is 0 Å². The van der Waals surface area contributed by atoms with Crippen LogP contribution < -0.4 is 0 Å². The predicted molar refractivity (Wildman–Crippen MR) is 167 cm³/mol. The largest absolute Gasteiger partial charge is 0.331 e. The van der Waals surface area contributed by atoms with Crippen LogP contribution in [0.2, 0.25) is 0 Å². The maximum absolute atomic E-state index is 5.89. The van der Waals surface area contributed by atoms with Crippen LogP contribution in [0.25, 0.3) is 0 Å².